The molecule has 0 radical (unpaired) electrons. The Kier molecular flexibility index (Phi) is 4.58. The predicted molar refractivity (Wildman–Crippen MR) is 58.2 cm³/mol. The van der Waals surface area contributed by atoms with Crippen LogP contribution in [0.15, 0.2) is 12.5 Å². The molecule has 1 rings (SSSR count). The van der Waals surface area contributed by atoms with Gasteiger partial charge in [-0.05, 0) is 16.8 Å². The number of carbonyl (C=O) groups excluding carboxylic acids is 1. The summed E-state index contributed by atoms with van der Waals surface area (Å²) in [5.41, 5.74) is 0. The third-order valence-electron chi connectivity index (χ3n) is 2.00. The molecule has 0 aliphatic carbocycles. The fourth-order valence-electron chi connectivity index (χ4n) is 1.15. The molecule has 1 atom stereocenters. The number of carbonyl (C=O) groups is 1. The lowest BCUT2D eigenvalue weighted by molar-refractivity contribution is -0.389. The van der Waals surface area contributed by atoms with Crippen molar-refractivity contribution in [3.8, 4) is 0 Å². The summed E-state index contributed by atoms with van der Waals surface area (Å²) in [5.74, 6) is -0.461. The van der Waals surface area contributed by atoms with Gasteiger partial charge in [0.25, 0.3) is 0 Å². The maximum absolute atomic E-state index is 11.3. The van der Waals surface area contributed by atoms with Crippen LogP contribution in [0.25, 0.3) is 0 Å². The number of imidazole rings is 1. The van der Waals surface area contributed by atoms with Gasteiger partial charge in [-0.3, -0.25) is 4.79 Å². The highest BCUT2D eigenvalue weighted by molar-refractivity contribution is 5.75. The lowest BCUT2D eigenvalue weighted by atomic mass is 10.3. The van der Waals surface area contributed by atoms with Crippen LogP contribution in [0.2, 0.25) is 0 Å². The van der Waals surface area contributed by atoms with Gasteiger partial charge in [-0.25, -0.2) is 0 Å². The molecule has 0 saturated heterocycles. The van der Waals surface area contributed by atoms with Crippen molar-refractivity contribution < 1.29 is 14.8 Å². The van der Waals surface area contributed by atoms with Crippen molar-refractivity contribution >= 4 is 11.7 Å². The summed E-state index contributed by atoms with van der Waals surface area (Å²) in [7, 11) is 0. The topological polar surface area (TPSA) is 110 Å². The second kappa shape index (κ2) is 5.94. The first kappa shape index (κ1) is 13.1. The van der Waals surface area contributed by atoms with E-state index < -0.39 is 11.0 Å². The molecule has 0 aliphatic heterocycles. The van der Waals surface area contributed by atoms with Crippen molar-refractivity contribution in [2.24, 2.45) is 0 Å². The molecule has 0 unspecified atom stereocenters. The van der Waals surface area contributed by atoms with E-state index in [2.05, 4.69) is 10.3 Å². The fourth-order valence-corrected chi connectivity index (χ4v) is 1.15. The van der Waals surface area contributed by atoms with Crippen molar-refractivity contribution in [3.63, 3.8) is 0 Å². The van der Waals surface area contributed by atoms with Gasteiger partial charge >= 0.3 is 5.82 Å². The van der Waals surface area contributed by atoms with Crippen molar-refractivity contribution in [1.29, 1.82) is 0 Å². The minimum absolute atomic E-state index is 0.181. The molecule has 17 heavy (non-hydrogen) atoms. The van der Waals surface area contributed by atoms with Gasteiger partial charge in [-0.1, -0.05) is 0 Å². The third kappa shape index (κ3) is 4.60. The van der Waals surface area contributed by atoms with Crippen molar-refractivity contribution in [2.75, 3.05) is 6.54 Å². The van der Waals surface area contributed by atoms with Gasteiger partial charge in [0, 0.05) is 19.5 Å². The summed E-state index contributed by atoms with van der Waals surface area (Å²) in [6, 6.07) is 0. The zero-order valence-electron chi connectivity index (χ0n) is 9.37. The van der Waals surface area contributed by atoms with E-state index in [0.717, 1.165) is 0 Å². The first-order valence-corrected chi connectivity index (χ1v) is 5.10. The molecule has 0 aromatic carbocycles. The molecule has 1 aromatic heterocycles. The quantitative estimate of drug-likeness (QED) is 0.524. The minimum atomic E-state index is -0.593. The van der Waals surface area contributed by atoms with Gasteiger partial charge in [-0.15, -0.1) is 0 Å². The maximum Gasteiger partial charge on any atom is 0.381 e. The molecule has 1 aromatic rings. The molecular weight excluding hydrogens is 228 g/mol. The highest BCUT2D eigenvalue weighted by atomic mass is 16.6. The molecule has 8 nitrogen and oxygen atoms in total. The molecule has 1 amide bonds. The lowest BCUT2D eigenvalue weighted by Crippen LogP contribution is -2.30. The van der Waals surface area contributed by atoms with Crippen LogP contribution in [-0.4, -0.2) is 38.1 Å². The molecule has 0 saturated carbocycles. The Morgan fingerprint density at radius 2 is 2.47 bits per heavy atom. The van der Waals surface area contributed by atoms with Gasteiger partial charge in [0.05, 0.1) is 6.10 Å². The highest BCUT2D eigenvalue weighted by Crippen LogP contribution is 2.05. The summed E-state index contributed by atoms with van der Waals surface area (Å²) in [5, 5.41) is 21.8. The van der Waals surface area contributed by atoms with Gasteiger partial charge in [0.15, 0.2) is 0 Å². The van der Waals surface area contributed by atoms with E-state index in [4.69, 9.17) is 5.11 Å². The van der Waals surface area contributed by atoms with Crippen molar-refractivity contribution in [3.05, 3.63) is 22.6 Å². The van der Waals surface area contributed by atoms with Crippen molar-refractivity contribution in [2.45, 2.75) is 26.0 Å². The second-order valence-corrected chi connectivity index (χ2v) is 3.63. The number of hydrogen-bond donors (Lipinski definition) is 2. The van der Waals surface area contributed by atoms with E-state index >= 15 is 0 Å². The molecule has 0 spiro atoms. The van der Waals surface area contributed by atoms with Crippen LogP contribution in [0.1, 0.15) is 13.3 Å². The summed E-state index contributed by atoms with van der Waals surface area (Å²) in [4.78, 5) is 24.6. The summed E-state index contributed by atoms with van der Waals surface area (Å²) < 4.78 is 1.47. The minimum Gasteiger partial charge on any atom is -0.392 e. The van der Waals surface area contributed by atoms with E-state index in [-0.39, 0.29) is 24.7 Å². The Hall–Kier alpha value is -1.96. The maximum atomic E-state index is 11.3. The number of aliphatic hydroxyl groups is 1. The van der Waals surface area contributed by atoms with Gasteiger partial charge in [0.2, 0.25) is 12.2 Å². The summed E-state index contributed by atoms with van der Waals surface area (Å²) >= 11 is 0. The number of aromatic nitrogens is 2. The molecule has 8 heteroatoms. The number of nitro groups is 1. The number of nitrogens with zero attached hydrogens (tertiary/aromatic N) is 3. The summed E-state index contributed by atoms with van der Waals surface area (Å²) in [6.45, 7) is 2.08. The van der Waals surface area contributed by atoms with E-state index in [1.165, 1.54) is 17.1 Å². The van der Waals surface area contributed by atoms with E-state index in [0.29, 0.717) is 6.54 Å². The van der Waals surface area contributed by atoms with E-state index in [1.807, 2.05) is 0 Å². The Bertz CT molecular complexity index is 401. The number of hydrogen-bond acceptors (Lipinski definition) is 5. The standard InChI is InChI=1S/C9H14N4O4/c1-7(14)4-10-9(15)2-3-12-5-8(11-6-12)13(16)17/h5-7,14H,2-4H2,1H3,(H,10,15)/t7-/m0/s1. The van der Waals surface area contributed by atoms with Gasteiger partial charge in [-0.2, -0.15) is 0 Å². The van der Waals surface area contributed by atoms with E-state index in [9.17, 15) is 14.9 Å². The number of rotatable bonds is 6. The Morgan fingerprint density at radius 1 is 1.76 bits per heavy atom. The number of nitrogens with one attached hydrogen (secondary N) is 1. The van der Waals surface area contributed by atoms with Crippen LogP contribution >= 0.6 is 0 Å². The first-order chi connectivity index (χ1) is 7.99. The van der Waals surface area contributed by atoms with Crippen LogP contribution in [0.5, 0.6) is 0 Å². The van der Waals surface area contributed by atoms with Gasteiger partial charge < -0.3 is 25.1 Å². The molecule has 94 valence electrons. The molecule has 0 fully saturated rings. The predicted octanol–water partition coefficient (Wildman–Crippen LogP) is -0.322. The number of aliphatic hydroxyl groups excluding tert-OH is 1. The Labute approximate surface area is 97.4 Å². The average molecular weight is 242 g/mol. The van der Waals surface area contributed by atoms with Crippen molar-refractivity contribution in [1.82, 2.24) is 14.9 Å². The third-order valence-corrected chi connectivity index (χ3v) is 2.00. The molecule has 0 aliphatic rings. The monoisotopic (exact) mass is 242 g/mol. The zero-order chi connectivity index (χ0) is 12.8. The fraction of sp³-hybridized carbons (Fsp3) is 0.556. The molecule has 2 N–H and O–H groups in total. The van der Waals surface area contributed by atoms with Crippen LogP contribution in [0.3, 0.4) is 0 Å². The number of aryl methyl sites for hydroxylation is 1. The average Bonchev–Trinajstić information content (AvgIpc) is 2.72. The molecule has 0 bridgehead atoms. The van der Waals surface area contributed by atoms with Crippen LogP contribution in [0.4, 0.5) is 5.82 Å². The van der Waals surface area contributed by atoms with Crippen LogP contribution < -0.4 is 5.32 Å². The molecule has 1 heterocycles. The number of amides is 1. The largest absolute Gasteiger partial charge is 0.392 e. The lowest BCUT2D eigenvalue weighted by Gasteiger charge is -2.06. The van der Waals surface area contributed by atoms with Gasteiger partial charge in [0.1, 0.15) is 6.20 Å². The highest BCUT2D eigenvalue weighted by Gasteiger charge is 2.10. The molecular formula is C9H14N4O4. The summed E-state index contributed by atoms with van der Waals surface area (Å²) in [6.07, 6.45) is 2.16. The Morgan fingerprint density at radius 3 is 3.00 bits per heavy atom. The van der Waals surface area contributed by atoms with E-state index in [1.54, 1.807) is 6.92 Å². The zero-order valence-corrected chi connectivity index (χ0v) is 9.37. The Balaban J connectivity index is 2.34. The van der Waals surface area contributed by atoms with Crippen LogP contribution in [0, 0.1) is 10.1 Å². The first-order valence-electron chi connectivity index (χ1n) is 5.10. The van der Waals surface area contributed by atoms with Crippen LogP contribution in [-0.2, 0) is 11.3 Å². The smallest absolute Gasteiger partial charge is 0.381 e. The SMILES string of the molecule is C[C@H](O)CNC(=O)CCn1cnc([N+](=O)[O-])c1. The second-order valence-electron chi connectivity index (χ2n) is 3.63. The normalized spacial score (nSPS) is 12.1.